The zero-order valence-corrected chi connectivity index (χ0v) is 9.71. The van der Waals surface area contributed by atoms with Crippen molar-refractivity contribution in [2.45, 2.75) is 13.5 Å². The molecule has 5 heteroatoms. The highest BCUT2D eigenvalue weighted by atomic mass is 32.1. The summed E-state index contributed by atoms with van der Waals surface area (Å²) >= 11 is 5.08. The summed E-state index contributed by atoms with van der Waals surface area (Å²) in [4.78, 5) is 7.30. The van der Waals surface area contributed by atoms with Crippen LogP contribution >= 0.6 is 12.2 Å². The summed E-state index contributed by atoms with van der Waals surface area (Å²) in [6.07, 6.45) is 1.62. The maximum atomic E-state index is 5.29. The minimum atomic E-state index is 0.425. The van der Waals surface area contributed by atoms with Crippen LogP contribution in [-0.2, 0) is 11.3 Å². The fourth-order valence-electron chi connectivity index (χ4n) is 1.34. The molecule has 2 heterocycles. The topological polar surface area (TPSA) is 51.1 Å². The molecule has 0 spiro atoms. The first kappa shape index (κ1) is 11.0. The van der Waals surface area contributed by atoms with Gasteiger partial charge in [0.05, 0.1) is 12.0 Å². The number of furan rings is 1. The third-order valence-electron chi connectivity index (χ3n) is 2.02. The van der Waals surface area contributed by atoms with Crippen LogP contribution in [0.15, 0.2) is 28.9 Å². The molecule has 2 aromatic rings. The number of nitrogens with zero attached hydrogens (tertiary/aromatic N) is 1. The predicted molar refractivity (Wildman–Crippen MR) is 62.5 cm³/mol. The average Bonchev–Trinajstić information content (AvgIpc) is 2.79. The number of aromatic nitrogens is 2. The van der Waals surface area contributed by atoms with Crippen LogP contribution in [0.2, 0.25) is 0 Å². The minimum absolute atomic E-state index is 0.425. The fourth-order valence-corrected chi connectivity index (χ4v) is 1.57. The second kappa shape index (κ2) is 5.05. The van der Waals surface area contributed by atoms with Crippen LogP contribution in [0.1, 0.15) is 12.7 Å². The summed E-state index contributed by atoms with van der Waals surface area (Å²) in [6.45, 7) is 3.01. The molecule has 0 saturated carbocycles. The second-order valence-electron chi connectivity index (χ2n) is 3.19. The normalized spacial score (nSPS) is 10.6. The van der Waals surface area contributed by atoms with Crippen LogP contribution < -0.4 is 0 Å². The molecule has 0 saturated heterocycles. The molecule has 0 unspecified atom stereocenters. The third kappa shape index (κ3) is 2.56. The Hall–Kier alpha value is -1.46. The highest BCUT2D eigenvalue weighted by Gasteiger charge is 2.03. The van der Waals surface area contributed by atoms with Crippen LogP contribution in [-0.4, -0.2) is 16.6 Å². The Morgan fingerprint density at radius 2 is 2.44 bits per heavy atom. The smallest absolute Gasteiger partial charge is 0.150 e. The molecule has 84 valence electrons. The molecule has 16 heavy (non-hydrogen) atoms. The van der Waals surface area contributed by atoms with Gasteiger partial charge in [0.2, 0.25) is 0 Å². The summed E-state index contributed by atoms with van der Waals surface area (Å²) in [5.41, 5.74) is 0.819. The molecular formula is C11H12N2O2S. The van der Waals surface area contributed by atoms with E-state index in [1.807, 2.05) is 19.1 Å². The van der Waals surface area contributed by atoms with Crippen LogP contribution in [0.5, 0.6) is 0 Å². The monoisotopic (exact) mass is 236 g/mol. The number of hydrogen-bond acceptors (Lipinski definition) is 4. The molecule has 2 aromatic heterocycles. The Kier molecular flexibility index (Phi) is 3.48. The van der Waals surface area contributed by atoms with Crippen LogP contribution in [0, 0.1) is 4.64 Å². The molecule has 4 nitrogen and oxygen atoms in total. The lowest BCUT2D eigenvalue weighted by atomic mass is 10.3. The van der Waals surface area contributed by atoms with Gasteiger partial charge >= 0.3 is 0 Å². The van der Waals surface area contributed by atoms with Crippen molar-refractivity contribution in [3.63, 3.8) is 0 Å². The number of H-pyrrole nitrogens is 1. The molecule has 0 atom stereocenters. The van der Waals surface area contributed by atoms with Crippen molar-refractivity contribution in [2.75, 3.05) is 6.61 Å². The Bertz CT molecular complexity index is 505. The highest BCUT2D eigenvalue weighted by molar-refractivity contribution is 7.71. The van der Waals surface area contributed by atoms with Crippen molar-refractivity contribution >= 4 is 12.2 Å². The number of rotatable bonds is 4. The maximum Gasteiger partial charge on any atom is 0.150 e. The van der Waals surface area contributed by atoms with Gasteiger partial charge in [0, 0.05) is 12.7 Å². The summed E-state index contributed by atoms with van der Waals surface area (Å²) in [5.74, 6) is 1.45. The number of aromatic amines is 1. The summed E-state index contributed by atoms with van der Waals surface area (Å²) in [6, 6.07) is 5.46. The van der Waals surface area contributed by atoms with Gasteiger partial charge in [-0.1, -0.05) is 12.2 Å². The summed E-state index contributed by atoms with van der Waals surface area (Å²) in [5, 5.41) is 0. The van der Waals surface area contributed by atoms with Gasteiger partial charge < -0.3 is 14.1 Å². The molecule has 0 aliphatic rings. The zero-order valence-electron chi connectivity index (χ0n) is 8.90. The predicted octanol–water partition coefficient (Wildman–Crippen LogP) is 2.94. The van der Waals surface area contributed by atoms with E-state index in [1.165, 1.54) is 0 Å². The quantitative estimate of drug-likeness (QED) is 0.829. The molecule has 0 amide bonds. The molecule has 0 aromatic carbocycles. The van der Waals surface area contributed by atoms with E-state index >= 15 is 0 Å². The van der Waals surface area contributed by atoms with Gasteiger partial charge in [-0.15, -0.1) is 0 Å². The molecule has 0 bridgehead atoms. The second-order valence-corrected chi connectivity index (χ2v) is 3.61. The van der Waals surface area contributed by atoms with E-state index in [4.69, 9.17) is 21.4 Å². The Labute approximate surface area is 98.3 Å². The number of nitrogens with one attached hydrogen (secondary N) is 1. The first-order chi connectivity index (χ1) is 7.79. The van der Waals surface area contributed by atoms with E-state index in [0.29, 0.717) is 23.7 Å². The maximum absolute atomic E-state index is 5.29. The lowest BCUT2D eigenvalue weighted by molar-refractivity contribution is 0.128. The minimum Gasteiger partial charge on any atom is -0.463 e. The fraction of sp³-hybridized carbons (Fsp3) is 0.273. The van der Waals surface area contributed by atoms with E-state index < -0.39 is 0 Å². The average molecular weight is 236 g/mol. The molecule has 0 fully saturated rings. The Morgan fingerprint density at radius 1 is 1.56 bits per heavy atom. The standard InChI is InChI=1S/C11H12N2O2S/c1-2-14-7-10-12-8(6-11(16)13-10)9-4-3-5-15-9/h3-6H,2,7H2,1H3,(H,12,13,16). The van der Waals surface area contributed by atoms with Gasteiger partial charge in [-0.05, 0) is 19.1 Å². The molecule has 0 radical (unpaired) electrons. The van der Waals surface area contributed by atoms with Crippen molar-refractivity contribution in [1.29, 1.82) is 0 Å². The van der Waals surface area contributed by atoms with E-state index in [0.717, 1.165) is 11.5 Å². The largest absolute Gasteiger partial charge is 0.463 e. The first-order valence-corrected chi connectivity index (χ1v) is 5.42. The van der Waals surface area contributed by atoms with E-state index in [-0.39, 0.29) is 0 Å². The van der Waals surface area contributed by atoms with E-state index in [2.05, 4.69) is 9.97 Å². The Morgan fingerprint density at radius 3 is 3.12 bits per heavy atom. The number of hydrogen-bond donors (Lipinski definition) is 1. The lowest BCUT2D eigenvalue weighted by Crippen LogP contribution is -2.00. The van der Waals surface area contributed by atoms with Gasteiger partial charge in [0.1, 0.15) is 22.8 Å². The summed E-state index contributed by atoms with van der Waals surface area (Å²) < 4.78 is 11.1. The molecule has 1 N–H and O–H groups in total. The van der Waals surface area contributed by atoms with Gasteiger partial charge in [-0.3, -0.25) is 0 Å². The molecule has 0 aliphatic carbocycles. The zero-order chi connectivity index (χ0) is 11.4. The van der Waals surface area contributed by atoms with Crippen molar-refractivity contribution in [3.8, 4) is 11.5 Å². The van der Waals surface area contributed by atoms with Crippen molar-refractivity contribution in [2.24, 2.45) is 0 Å². The third-order valence-corrected chi connectivity index (χ3v) is 2.23. The van der Waals surface area contributed by atoms with Crippen molar-refractivity contribution in [3.05, 3.63) is 34.9 Å². The Balaban J connectivity index is 2.33. The van der Waals surface area contributed by atoms with Gasteiger partial charge in [-0.25, -0.2) is 4.98 Å². The van der Waals surface area contributed by atoms with Crippen molar-refractivity contribution in [1.82, 2.24) is 9.97 Å². The van der Waals surface area contributed by atoms with Gasteiger partial charge in [0.25, 0.3) is 0 Å². The van der Waals surface area contributed by atoms with Gasteiger partial charge in [0.15, 0.2) is 0 Å². The van der Waals surface area contributed by atoms with Crippen LogP contribution in [0.25, 0.3) is 11.5 Å². The van der Waals surface area contributed by atoms with E-state index in [9.17, 15) is 0 Å². The van der Waals surface area contributed by atoms with Crippen molar-refractivity contribution < 1.29 is 9.15 Å². The first-order valence-electron chi connectivity index (χ1n) is 5.01. The summed E-state index contributed by atoms with van der Waals surface area (Å²) in [7, 11) is 0. The van der Waals surface area contributed by atoms with Crippen LogP contribution in [0.4, 0.5) is 0 Å². The van der Waals surface area contributed by atoms with Gasteiger partial charge in [-0.2, -0.15) is 0 Å². The molecule has 0 aliphatic heterocycles. The highest BCUT2D eigenvalue weighted by Crippen LogP contribution is 2.17. The van der Waals surface area contributed by atoms with Crippen LogP contribution in [0.3, 0.4) is 0 Å². The lowest BCUT2D eigenvalue weighted by Gasteiger charge is -2.03. The SMILES string of the molecule is CCOCc1nc(=S)cc(-c2ccco2)[nH]1. The van der Waals surface area contributed by atoms with E-state index in [1.54, 1.807) is 12.3 Å². The molecule has 2 rings (SSSR count). The number of ether oxygens (including phenoxy) is 1. The molecular weight excluding hydrogens is 224 g/mol.